The quantitative estimate of drug-likeness (QED) is 0.355. The number of aliphatic hydroxyl groups is 2. The highest BCUT2D eigenvalue weighted by molar-refractivity contribution is 7.55. The summed E-state index contributed by atoms with van der Waals surface area (Å²) in [5.41, 5.74) is 6.18. The molecule has 0 saturated carbocycles. The molecule has 0 amide bonds. The normalized spacial score (nSPS) is 29.0. The van der Waals surface area contributed by atoms with Crippen molar-refractivity contribution >= 4 is 33.1 Å². The van der Waals surface area contributed by atoms with Gasteiger partial charge in [-0.3, -0.25) is 14.0 Å². The Labute approximate surface area is 145 Å². The number of fused-ring (bicyclic) bond motifs is 1. The second kappa shape index (κ2) is 7.19. The number of phosphoric ester groups is 1. The first-order valence-corrected chi connectivity index (χ1v) is 9.60. The lowest BCUT2D eigenvalue weighted by Gasteiger charge is -2.16. The Bertz CT molecular complexity index is 878. The van der Waals surface area contributed by atoms with E-state index >= 15 is 0 Å². The monoisotopic (exact) mass is 410 g/mol. The topological polar surface area (TPSA) is 212 Å². The molecule has 6 N–H and O–H groups in total. The molecule has 1 aliphatic rings. The molecular formula is C10H14N5O9P2+. The highest BCUT2D eigenvalue weighted by atomic mass is 31.2. The SMILES string of the molecule is Nc1ncnc2c1ncn2[C@@H]1O[C@H](COP(=O)(O)O[P+](=O)O)[C@@H](O)[C@H]1O. The average molecular weight is 410 g/mol. The summed E-state index contributed by atoms with van der Waals surface area (Å²) >= 11 is 0. The van der Waals surface area contributed by atoms with Crippen LogP contribution in [0.1, 0.15) is 6.23 Å². The van der Waals surface area contributed by atoms with Gasteiger partial charge in [-0.25, -0.2) is 19.5 Å². The summed E-state index contributed by atoms with van der Waals surface area (Å²) in [7, 11) is -8.21. The maximum Gasteiger partial charge on any atom is 0.705 e. The Morgan fingerprint density at radius 2 is 2.08 bits per heavy atom. The second-order valence-corrected chi connectivity index (χ2v) is 7.54. The van der Waals surface area contributed by atoms with Crippen molar-refractivity contribution in [1.29, 1.82) is 0 Å². The molecule has 0 aromatic carbocycles. The van der Waals surface area contributed by atoms with Crippen molar-refractivity contribution in [2.45, 2.75) is 24.5 Å². The van der Waals surface area contributed by atoms with E-state index in [4.69, 9.17) is 15.4 Å². The molecule has 6 atom stereocenters. The summed E-state index contributed by atoms with van der Waals surface area (Å²) in [6.45, 7) is -0.699. The summed E-state index contributed by atoms with van der Waals surface area (Å²) in [6, 6.07) is 0. The van der Waals surface area contributed by atoms with E-state index in [1.54, 1.807) is 0 Å². The van der Waals surface area contributed by atoms with Crippen molar-refractivity contribution in [3.8, 4) is 0 Å². The van der Waals surface area contributed by atoms with E-state index in [0.717, 1.165) is 0 Å². The van der Waals surface area contributed by atoms with Crippen molar-refractivity contribution in [3.63, 3.8) is 0 Å². The summed E-state index contributed by atoms with van der Waals surface area (Å²) in [5, 5.41) is 20.3. The Kier molecular flexibility index (Phi) is 5.30. The minimum Gasteiger partial charge on any atom is -0.387 e. The molecule has 2 aromatic rings. The zero-order valence-corrected chi connectivity index (χ0v) is 14.6. The molecule has 2 aromatic heterocycles. The third-order valence-corrected chi connectivity index (χ3v) is 5.43. The fraction of sp³-hybridized carbons (Fsp3) is 0.500. The standard InChI is InChI=1S/C10H13N5O9P2/c11-8-5-9(13-2-12-8)15(3-14-5)10-7(17)6(16)4(23-10)1-22-26(20,21)24-25(18)19/h2-4,6-7,10,16-17H,1H2,(H3-,11,12,13,18,19,20,21)/p+1/t4-,6-,7-,10-/m1/s1. The second-order valence-electron chi connectivity index (χ2n) is 5.21. The first-order chi connectivity index (χ1) is 12.2. The number of hydrogen-bond donors (Lipinski definition) is 5. The number of phosphoric acid groups is 1. The van der Waals surface area contributed by atoms with Gasteiger partial charge in [-0.05, 0) is 4.31 Å². The van der Waals surface area contributed by atoms with Crippen LogP contribution in [0.2, 0.25) is 0 Å². The smallest absolute Gasteiger partial charge is 0.387 e. The number of aliphatic hydroxyl groups excluding tert-OH is 2. The van der Waals surface area contributed by atoms with Crippen LogP contribution >= 0.6 is 16.1 Å². The van der Waals surface area contributed by atoms with Crippen molar-refractivity contribution < 1.29 is 42.7 Å². The molecule has 0 bridgehead atoms. The van der Waals surface area contributed by atoms with E-state index in [9.17, 15) is 24.2 Å². The maximum atomic E-state index is 11.4. The molecular weight excluding hydrogens is 396 g/mol. The highest BCUT2D eigenvalue weighted by Gasteiger charge is 2.46. The largest absolute Gasteiger partial charge is 0.705 e. The molecule has 142 valence electrons. The average Bonchev–Trinajstić information content (AvgIpc) is 3.08. The van der Waals surface area contributed by atoms with Crippen molar-refractivity contribution in [2.75, 3.05) is 12.3 Å². The van der Waals surface area contributed by atoms with Crippen molar-refractivity contribution in [3.05, 3.63) is 12.7 Å². The highest BCUT2D eigenvalue weighted by Crippen LogP contribution is 2.51. The number of hydrogen-bond acceptors (Lipinski definition) is 11. The lowest BCUT2D eigenvalue weighted by molar-refractivity contribution is -0.0501. The maximum absolute atomic E-state index is 11.4. The predicted molar refractivity (Wildman–Crippen MR) is 82.3 cm³/mol. The number of ether oxygens (including phenoxy) is 1. The van der Waals surface area contributed by atoms with Crippen LogP contribution in [0.15, 0.2) is 12.7 Å². The molecule has 3 rings (SSSR count). The van der Waals surface area contributed by atoms with Gasteiger partial charge in [-0.1, -0.05) is 0 Å². The van der Waals surface area contributed by atoms with Crippen molar-refractivity contribution in [1.82, 2.24) is 19.5 Å². The van der Waals surface area contributed by atoms with E-state index in [1.807, 2.05) is 0 Å². The Morgan fingerprint density at radius 3 is 2.77 bits per heavy atom. The molecule has 1 fully saturated rings. The molecule has 2 unspecified atom stereocenters. The van der Waals surface area contributed by atoms with Gasteiger partial charge in [-0.2, -0.15) is 0 Å². The minimum atomic E-state index is -4.84. The van der Waals surface area contributed by atoms with Gasteiger partial charge in [0.15, 0.2) is 17.7 Å². The Morgan fingerprint density at radius 1 is 1.35 bits per heavy atom. The van der Waals surface area contributed by atoms with Crippen LogP contribution < -0.4 is 5.73 Å². The Balaban J connectivity index is 1.76. The van der Waals surface area contributed by atoms with Crippen LogP contribution in [0, 0.1) is 0 Å². The zero-order valence-electron chi connectivity index (χ0n) is 12.8. The van der Waals surface area contributed by atoms with Gasteiger partial charge < -0.3 is 20.7 Å². The number of rotatable bonds is 6. The van der Waals surface area contributed by atoms with Gasteiger partial charge in [0.05, 0.1) is 12.9 Å². The molecule has 3 heterocycles. The van der Waals surface area contributed by atoms with E-state index < -0.39 is 47.2 Å². The Hall–Kier alpha value is -1.60. The summed E-state index contributed by atoms with van der Waals surface area (Å²) in [6.07, 6.45) is -2.89. The number of imidazole rings is 1. The molecule has 0 aliphatic carbocycles. The van der Waals surface area contributed by atoms with Gasteiger partial charge in [0.25, 0.3) is 0 Å². The van der Waals surface area contributed by atoms with E-state index in [2.05, 4.69) is 23.8 Å². The van der Waals surface area contributed by atoms with Gasteiger partial charge in [0, 0.05) is 4.57 Å². The van der Waals surface area contributed by atoms with Gasteiger partial charge >= 0.3 is 16.1 Å². The minimum absolute atomic E-state index is 0.109. The van der Waals surface area contributed by atoms with E-state index in [1.165, 1.54) is 17.2 Å². The van der Waals surface area contributed by atoms with Crippen LogP contribution in [0.25, 0.3) is 11.2 Å². The number of nitrogens with two attached hydrogens (primary N) is 1. The molecule has 26 heavy (non-hydrogen) atoms. The fourth-order valence-corrected chi connectivity index (χ4v) is 3.66. The molecule has 1 saturated heterocycles. The van der Waals surface area contributed by atoms with Crippen molar-refractivity contribution in [2.24, 2.45) is 0 Å². The lowest BCUT2D eigenvalue weighted by Crippen LogP contribution is -2.33. The van der Waals surface area contributed by atoms with Gasteiger partial charge in [0.2, 0.25) is 0 Å². The number of nitrogen functional groups attached to an aromatic ring is 1. The lowest BCUT2D eigenvalue weighted by atomic mass is 10.1. The van der Waals surface area contributed by atoms with Crippen LogP contribution in [-0.2, 0) is 22.7 Å². The fourth-order valence-electron chi connectivity index (χ4n) is 2.43. The first-order valence-electron chi connectivity index (χ1n) is 6.97. The summed E-state index contributed by atoms with van der Waals surface area (Å²) in [4.78, 5) is 29.5. The van der Waals surface area contributed by atoms with Crippen LogP contribution in [0.3, 0.4) is 0 Å². The van der Waals surface area contributed by atoms with Crippen LogP contribution in [0.4, 0.5) is 5.82 Å². The first kappa shape index (κ1) is 19.2. The molecule has 0 spiro atoms. The number of nitrogens with zero attached hydrogens (tertiary/aromatic N) is 4. The third kappa shape index (κ3) is 3.74. The molecule has 16 heteroatoms. The van der Waals surface area contributed by atoms with E-state index in [-0.39, 0.29) is 17.0 Å². The van der Waals surface area contributed by atoms with Gasteiger partial charge in [-0.15, -0.1) is 4.89 Å². The van der Waals surface area contributed by atoms with Gasteiger partial charge in [0.1, 0.15) is 30.2 Å². The zero-order chi connectivity index (χ0) is 19.1. The summed E-state index contributed by atoms with van der Waals surface area (Å²) < 4.78 is 37.0. The molecule has 1 aliphatic heterocycles. The molecule has 14 nitrogen and oxygen atoms in total. The predicted octanol–water partition coefficient (Wildman–Crippen LogP) is -1.19. The summed E-state index contributed by atoms with van der Waals surface area (Å²) in [5.74, 6) is 0.109. The number of aromatic nitrogens is 4. The third-order valence-electron chi connectivity index (χ3n) is 3.57. The molecule has 0 radical (unpaired) electrons. The van der Waals surface area contributed by atoms with E-state index in [0.29, 0.717) is 0 Å². The van der Waals surface area contributed by atoms with Crippen LogP contribution in [0.5, 0.6) is 0 Å². The van der Waals surface area contributed by atoms with Crippen LogP contribution in [-0.4, -0.2) is 64.4 Å². The number of anilines is 1.